The third-order valence-electron chi connectivity index (χ3n) is 6.63. The van der Waals surface area contributed by atoms with Crippen LogP contribution in [0.4, 0.5) is 10.8 Å². The molecule has 0 fully saturated rings. The number of nitrogens with two attached hydrogens (primary N) is 1. The van der Waals surface area contributed by atoms with Crippen molar-refractivity contribution in [2.24, 2.45) is 11.1 Å². The summed E-state index contributed by atoms with van der Waals surface area (Å²) in [5.41, 5.74) is 9.10. The number of aromatic nitrogens is 2. The molecule has 2 aromatic carbocycles. The van der Waals surface area contributed by atoms with Crippen LogP contribution in [0.3, 0.4) is 0 Å². The molecule has 1 aliphatic heterocycles. The molecule has 5 rings (SSSR count). The van der Waals surface area contributed by atoms with Crippen molar-refractivity contribution in [3.05, 3.63) is 86.8 Å². The number of halogens is 2. The van der Waals surface area contributed by atoms with Crippen molar-refractivity contribution in [2.75, 3.05) is 16.0 Å². The summed E-state index contributed by atoms with van der Waals surface area (Å²) in [6.45, 7) is 4.04. The minimum atomic E-state index is -0.682. The van der Waals surface area contributed by atoms with Gasteiger partial charge in [-0.25, -0.2) is 0 Å². The van der Waals surface area contributed by atoms with Gasteiger partial charge in [-0.3, -0.25) is 14.5 Å². The standard InChI is InChI=1S/C28H24Cl2N6O2S2/c1-28(2)11-20-24(21(37)12-28)23(15-8-9-18(29)19(30)10-15)17(13-31)25(32)36(20)26-34-35-27(40-26)39-14-22(38)33-16-6-4-3-5-7-16/h3-10,23H,11-12,14,32H2,1-2H3,(H,33,38). The fourth-order valence-corrected chi connectivity index (χ4v) is 6.94. The highest BCUT2D eigenvalue weighted by molar-refractivity contribution is 8.01. The molecule has 2 aliphatic rings. The SMILES string of the molecule is CC1(C)CC(=O)C2=C(C1)N(c1nnc(SCC(=O)Nc3ccccc3)s1)C(N)=C(C#N)C2c1ccc(Cl)c(Cl)c1. The molecular weight excluding hydrogens is 587 g/mol. The van der Waals surface area contributed by atoms with E-state index < -0.39 is 5.92 Å². The molecule has 8 nitrogen and oxygen atoms in total. The number of ketones is 1. The minimum absolute atomic E-state index is 0.0655. The highest BCUT2D eigenvalue weighted by atomic mass is 35.5. The van der Waals surface area contributed by atoms with Crippen LogP contribution in [0.15, 0.2) is 75.5 Å². The molecule has 0 saturated carbocycles. The van der Waals surface area contributed by atoms with E-state index in [1.165, 1.54) is 23.1 Å². The molecule has 1 atom stereocenters. The summed E-state index contributed by atoms with van der Waals surface area (Å²) in [4.78, 5) is 27.8. The summed E-state index contributed by atoms with van der Waals surface area (Å²) in [5.74, 6) is -0.608. The molecule has 3 N–H and O–H groups in total. The maximum atomic E-state index is 13.7. The first-order valence-electron chi connectivity index (χ1n) is 12.3. The predicted molar refractivity (Wildman–Crippen MR) is 159 cm³/mol. The van der Waals surface area contributed by atoms with Crippen LogP contribution in [-0.4, -0.2) is 27.6 Å². The third kappa shape index (κ3) is 5.60. The maximum absolute atomic E-state index is 13.7. The maximum Gasteiger partial charge on any atom is 0.234 e. The second-order valence-corrected chi connectivity index (χ2v) is 13.2. The van der Waals surface area contributed by atoms with Gasteiger partial charge < -0.3 is 11.1 Å². The number of amides is 1. The highest BCUT2D eigenvalue weighted by Gasteiger charge is 2.45. The highest BCUT2D eigenvalue weighted by Crippen LogP contribution is 2.51. The lowest BCUT2D eigenvalue weighted by Gasteiger charge is -2.42. The van der Waals surface area contributed by atoms with Gasteiger partial charge in [0.2, 0.25) is 11.0 Å². The molecule has 1 aromatic heterocycles. The first-order valence-corrected chi connectivity index (χ1v) is 14.9. The van der Waals surface area contributed by atoms with Crippen LogP contribution >= 0.6 is 46.3 Å². The Hall–Kier alpha value is -3.36. The fraction of sp³-hybridized carbons (Fsp3) is 0.250. The molecule has 0 radical (unpaired) electrons. The van der Waals surface area contributed by atoms with Gasteiger partial charge in [-0.05, 0) is 41.7 Å². The zero-order valence-electron chi connectivity index (χ0n) is 21.6. The van der Waals surface area contributed by atoms with Crippen LogP contribution in [0, 0.1) is 16.7 Å². The number of anilines is 2. The Morgan fingerprint density at radius 1 is 1.20 bits per heavy atom. The first kappa shape index (κ1) is 28.2. The van der Waals surface area contributed by atoms with E-state index >= 15 is 0 Å². The van der Waals surface area contributed by atoms with E-state index in [2.05, 4.69) is 21.6 Å². The van der Waals surface area contributed by atoms with Crippen LogP contribution in [0.1, 0.15) is 38.2 Å². The quantitative estimate of drug-likeness (QED) is 0.302. The number of para-hydroxylation sites is 1. The van der Waals surface area contributed by atoms with Crippen LogP contribution in [-0.2, 0) is 9.59 Å². The Balaban J connectivity index is 1.49. The summed E-state index contributed by atoms with van der Waals surface area (Å²) in [7, 11) is 0. The number of hydrogen-bond donors (Lipinski definition) is 2. The number of Topliss-reactive ketones (excluding diaryl/α,β-unsaturated/α-hetero) is 1. The molecule has 0 spiro atoms. The molecule has 2 heterocycles. The van der Waals surface area contributed by atoms with Gasteiger partial charge in [0.15, 0.2) is 10.1 Å². The summed E-state index contributed by atoms with van der Waals surface area (Å²) in [6, 6.07) is 16.5. The zero-order valence-corrected chi connectivity index (χ0v) is 24.7. The van der Waals surface area contributed by atoms with Crippen LogP contribution in [0.2, 0.25) is 10.0 Å². The van der Waals surface area contributed by atoms with E-state index in [1.807, 2.05) is 44.2 Å². The van der Waals surface area contributed by atoms with Gasteiger partial charge >= 0.3 is 0 Å². The van der Waals surface area contributed by atoms with Crippen LogP contribution < -0.4 is 16.0 Å². The summed E-state index contributed by atoms with van der Waals surface area (Å²) in [6.07, 6.45) is 0.858. The second kappa shape index (κ2) is 11.3. The lowest BCUT2D eigenvalue weighted by Crippen LogP contribution is -2.42. The van der Waals surface area contributed by atoms with E-state index in [1.54, 1.807) is 23.1 Å². The summed E-state index contributed by atoms with van der Waals surface area (Å²) >= 11 is 15.0. The van der Waals surface area contributed by atoms with Gasteiger partial charge in [0.1, 0.15) is 5.82 Å². The average Bonchev–Trinajstić information content (AvgIpc) is 3.37. The van der Waals surface area contributed by atoms with Gasteiger partial charge in [0, 0.05) is 23.4 Å². The summed E-state index contributed by atoms with van der Waals surface area (Å²) < 4.78 is 0.555. The monoisotopic (exact) mass is 610 g/mol. The Morgan fingerprint density at radius 2 is 1.95 bits per heavy atom. The number of nitriles is 1. The van der Waals surface area contributed by atoms with Crippen molar-refractivity contribution in [3.8, 4) is 6.07 Å². The molecule has 1 aliphatic carbocycles. The van der Waals surface area contributed by atoms with Gasteiger partial charge in [-0.1, -0.05) is 84.4 Å². The number of carbonyl (C=O) groups is 2. The Bertz CT molecular complexity index is 1610. The van der Waals surface area contributed by atoms with Crippen molar-refractivity contribution in [2.45, 2.75) is 36.9 Å². The Kier molecular flexibility index (Phi) is 7.93. The number of hydrogen-bond acceptors (Lipinski definition) is 9. The molecular formula is C28H24Cl2N6O2S2. The van der Waals surface area contributed by atoms with Crippen LogP contribution in [0.5, 0.6) is 0 Å². The molecule has 12 heteroatoms. The topological polar surface area (TPSA) is 125 Å². The van der Waals surface area contributed by atoms with Crippen molar-refractivity contribution >= 4 is 68.8 Å². The number of nitrogens with zero attached hydrogens (tertiary/aromatic N) is 4. The van der Waals surface area contributed by atoms with Gasteiger partial charge in [-0.2, -0.15) is 5.26 Å². The van der Waals surface area contributed by atoms with Gasteiger partial charge in [0.25, 0.3) is 0 Å². The smallest absolute Gasteiger partial charge is 0.234 e. The number of nitrogens with one attached hydrogen (secondary N) is 1. The fourth-order valence-electron chi connectivity index (χ4n) is 4.95. The lowest BCUT2D eigenvalue weighted by molar-refractivity contribution is -0.118. The van der Waals surface area contributed by atoms with E-state index in [0.29, 0.717) is 54.9 Å². The molecule has 0 bridgehead atoms. The Morgan fingerprint density at radius 3 is 2.65 bits per heavy atom. The minimum Gasteiger partial charge on any atom is -0.384 e. The van der Waals surface area contributed by atoms with E-state index in [9.17, 15) is 14.9 Å². The third-order valence-corrected chi connectivity index (χ3v) is 9.41. The van der Waals surface area contributed by atoms with Gasteiger partial charge in [-0.15, -0.1) is 10.2 Å². The van der Waals surface area contributed by atoms with Crippen molar-refractivity contribution in [3.63, 3.8) is 0 Å². The number of allylic oxidation sites excluding steroid dienone is 3. The number of thioether (sulfide) groups is 1. The van der Waals surface area contributed by atoms with E-state index in [4.69, 9.17) is 28.9 Å². The molecule has 204 valence electrons. The number of benzene rings is 2. The predicted octanol–water partition coefficient (Wildman–Crippen LogP) is 6.52. The largest absolute Gasteiger partial charge is 0.384 e. The molecule has 0 saturated heterocycles. The molecule has 1 unspecified atom stereocenters. The zero-order chi connectivity index (χ0) is 28.6. The van der Waals surface area contributed by atoms with Crippen molar-refractivity contribution < 1.29 is 9.59 Å². The number of carbonyl (C=O) groups excluding carboxylic acids is 2. The number of rotatable bonds is 6. The summed E-state index contributed by atoms with van der Waals surface area (Å²) in [5, 5.41) is 22.8. The normalized spacial score (nSPS) is 18.4. The second-order valence-electron chi connectivity index (χ2n) is 10.2. The lowest BCUT2D eigenvalue weighted by atomic mass is 9.69. The first-order chi connectivity index (χ1) is 19.1. The van der Waals surface area contributed by atoms with Gasteiger partial charge in [0.05, 0.1) is 33.4 Å². The van der Waals surface area contributed by atoms with E-state index in [-0.39, 0.29) is 34.3 Å². The molecule has 1 amide bonds. The van der Waals surface area contributed by atoms with E-state index in [0.717, 1.165) is 0 Å². The average molecular weight is 612 g/mol. The van der Waals surface area contributed by atoms with Crippen LogP contribution in [0.25, 0.3) is 0 Å². The molecule has 3 aromatic rings. The van der Waals surface area contributed by atoms with Crippen molar-refractivity contribution in [1.82, 2.24) is 10.2 Å². The van der Waals surface area contributed by atoms with Crippen molar-refractivity contribution in [1.29, 1.82) is 5.26 Å². The Labute approximate surface area is 249 Å². The molecule has 40 heavy (non-hydrogen) atoms.